The van der Waals surface area contributed by atoms with Gasteiger partial charge in [0.25, 0.3) is 0 Å². The van der Waals surface area contributed by atoms with Crippen molar-refractivity contribution in [3.63, 3.8) is 0 Å². The van der Waals surface area contributed by atoms with Gasteiger partial charge in [-0.25, -0.2) is 0 Å². The number of thioether (sulfide) groups is 2. The summed E-state index contributed by atoms with van der Waals surface area (Å²) in [6.07, 6.45) is 2.58. The van der Waals surface area contributed by atoms with Gasteiger partial charge >= 0.3 is 0 Å². The van der Waals surface area contributed by atoms with Crippen LogP contribution in [-0.4, -0.2) is 35.6 Å². The van der Waals surface area contributed by atoms with Gasteiger partial charge in [0.15, 0.2) is 0 Å². The third kappa shape index (κ3) is 3.18. The molecular formula is C9H15NOS2. The molecule has 0 bridgehead atoms. The maximum Gasteiger partial charge on any atom is 0.124 e. The summed E-state index contributed by atoms with van der Waals surface area (Å²) in [6.45, 7) is 2.95. The van der Waals surface area contributed by atoms with E-state index in [0.29, 0.717) is 0 Å². The van der Waals surface area contributed by atoms with E-state index in [4.69, 9.17) is 4.74 Å². The second-order valence-corrected chi connectivity index (χ2v) is 5.74. The summed E-state index contributed by atoms with van der Waals surface area (Å²) in [6, 6.07) is 0. The van der Waals surface area contributed by atoms with E-state index in [2.05, 4.69) is 4.99 Å². The molecule has 2 heterocycles. The molecule has 1 atom stereocenters. The zero-order valence-electron chi connectivity index (χ0n) is 7.70. The van der Waals surface area contributed by atoms with E-state index >= 15 is 0 Å². The summed E-state index contributed by atoms with van der Waals surface area (Å²) >= 11 is 3.83. The summed E-state index contributed by atoms with van der Waals surface area (Å²) in [5.41, 5.74) is 0. The average molecular weight is 217 g/mol. The first-order chi connectivity index (χ1) is 6.45. The number of ether oxygens (including phenoxy) is 1. The molecule has 74 valence electrons. The van der Waals surface area contributed by atoms with Gasteiger partial charge in [-0.15, -0.1) is 0 Å². The van der Waals surface area contributed by atoms with E-state index in [1.54, 1.807) is 0 Å². The minimum absolute atomic E-state index is 0.766. The molecule has 2 rings (SSSR count). The van der Waals surface area contributed by atoms with E-state index in [1.807, 2.05) is 23.5 Å². The van der Waals surface area contributed by atoms with E-state index in [9.17, 15) is 0 Å². The maximum absolute atomic E-state index is 5.44. The van der Waals surface area contributed by atoms with Crippen LogP contribution in [0.1, 0.15) is 12.8 Å². The zero-order valence-corrected chi connectivity index (χ0v) is 9.33. The molecule has 0 amide bonds. The van der Waals surface area contributed by atoms with Crippen molar-refractivity contribution >= 4 is 27.9 Å². The standard InChI is InChI=1S/C9H15NOS2/c1-2-8(6-11-4-1)7-13-9-10-3-5-12-9/h8H,1-7H2. The number of hydrogen-bond acceptors (Lipinski definition) is 4. The average Bonchev–Trinajstić information content (AvgIpc) is 2.69. The summed E-state index contributed by atoms with van der Waals surface area (Å²) in [5, 5.41) is 0. The van der Waals surface area contributed by atoms with Crippen molar-refractivity contribution in [2.45, 2.75) is 12.8 Å². The van der Waals surface area contributed by atoms with Crippen molar-refractivity contribution in [1.29, 1.82) is 0 Å². The topological polar surface area (TPSA) is 21.6 Å². The van der Waals surface area contributed by atoms with Gasteiger partial charge in [0.2, 0.25) is 0 Å². The van der Waals surface area contributed by atoms with Gasteiger partial charge in [-0.2, -0.15) is 0 Å². The van der Waals surface area contributed by atoms with Gasteiger partial charge in [0, 0.05) is 18.1 Å². The Labute approximate surface area is 87.9 Å². The molecule has 1 unspecified atom stereocenters. The molecule has 1 fully saturated rings. The van der Waals surface area contributed by atoms with Crippen LogP contribution in [-0.2, 0) is 4.74 Å². The third-order valence-electron chi connectivity index (χ3n) is 2.25. The molecule has 0 radical (unpaired) electrons. The lowest BCUT2D eigenvalue weighted by atomic mass is 10.1. The van der Waals surface area contributed by atoms with Crippen LogP contribution in [0.4, 0.5) is 0 Å². The van der Waals surface area contributed by atoms with E-state index in [1.165, 1.54) is 28.7 Å². The van der Waals surface area contributed by atoms with Crippen molar-refractivity contribution in [1.82, 2.24) is 0 Å². The third-order valence-corrected chi connectivity index (χ3v) is 4.74. The minimum atomic E-state index is 0.766. The van der Waals surface area contributed by atoms with Gasteiger partial charge in [-0.3, -0.25) is 4.99 Å². The van der Waals surface area contributed by atoms with Gasteiger partial charge in [0.1, 0.15) is 4.38 Å². The monoisotopic (exact) mass is 217 g/mol. The molecule has 0 N–H and O–H groups in total. The molecule has 13 heavy (non-hydrogen) atoms. The largest absolute Gasteiger partial charge is 0.381 e. The Morgan fingerprint density at radius 1 is 1.62 bits per heavy atom. The first-order valence-electron chi connectivity index (χ1n) is 4.83. The van der Waals surface area contributed by atoms with E-state index in [0.717, 1.165) is 25.7 Å². The highest BCUT2D eigenvalue weighted by Gasteiger charge is 2.16. The van der Waals surface area contributed by atoms with Crippen molar-refractivity contribution in [3.05, 3.63) is 0 Å². The molecule has 0 spiro atoms. The Bertz CT molecular complexity index is 190. The number of hydrogen-bond donors (Lipinski definition) is 0. The van der Waals surface area contributed by atoms with Crippen LogP contribution in [0.25, 0.3) is 0 Å². The Hall–Kier alpha value is 0.330. The Morgan fingerprint density at radius 3 is 3.31 bits per heavy atom. The maximum atomic E-state index is 5.44. The molecule has 0 aromatic heterocycles. The van der Waals surface area contributed by atoms with Gasteiger partial charge in [-0.05, 0) is 18.8 Å². The quantitative estimate of drug-likeness (QED) is 0.708. The fourth-order valence-corrected chi connectivity index (χ4v) is 3.68. The Kier molecular flexibility index (Phi) is 4.00. The smallest absolute Gasteiger partial charge is 0.124 e. The molecule has 0 aromatic carbocycles. The first-order valence-corrected chi connectivity index (χ1v) is 6.80. The summed E-state index contributed by atoms with van der Waals surface area (Å²) in [7, 11) is 0. The molecule has 4 heteroatoms. The normalized spacial score (nSPS) is 28.9. The van der Waals surface area contributed by atoms with Crippen LogP contribution >= 0.6 is 23.5 Å². The fourth-order valence-electron chi connectivity index (χ4n) is 1.53. The molecule has 2 aliphatic rings. The molecule has 2 aliphatic heterocycles. The lowest BCUT2D eigenvalue weighted by molar-refractivity contribution is 0.0633. The second kappa shape index (κ2) is 5.27. The number of aliphatic imine (C=N–C) groups is 1. The number of nitrogens with zero attached hydrogens (tertiary/aromatic N) is 1. The molecule has 0 saturated carbocycles. The highest BCUT2D eigenvalue weighted by Crippen LogP contribution is 2.26. The molecule has 0 aromatic rings. The summed E-state index contributed by atoms with van der Waals surface area (Å²) < 4.78 is 6.73. The Balaban J connectivity index is 1.66. The Morgan fingerprint density at radius 2 is 2.62 bits per heavy atom. The molecular weight excluding hydrogens is 202 g/mol. The van der Waals surface area contributed by atoms with Crippen LogP contribution in [0.2, 0.25) is 0 Å². The zero-order chi connectivity index (χ0) is 8.93. The second-order valence-electron chi connectivity index (χ2n) is 3.39. The van der Waals surface area contributed by atoms with Crippen LogP contribution in [0, 0.1) is 5.92 Å². The van der Waals surface area contributed by atoms with Gasteiger partial charge < -0.3 is 4.74 Å². The first kappa shape index (κ1) is 9.87. The van der Waals surface area contributed by atoms with Crippen molar-refractivity contribution in [3.8, 4) is 0 Å². The predicted octanol–water partition coefficient (Wildman–Crippen LogP) is 2.25. The van der Waals surface area contributed by atoms with Gasteiger partial charge in [-0.1, -0.05) is 23.5 Å². The van der Waals surface area contributed by atoms with Crippen molar-refractivity contribution in [2.24, 2.45) is 10.9 Å². The summed E-state index contributed by atoms with van der Waals surface area (Å²) in [4.78, 5) is 4.42. The summed E-state index contributed by atoms with van der Waals surface area (Å²) in [5.74, 6) is 3.15. The SMILES string of the molecule is C1COCC(CSC2=NCCS2)C1. The van der Waals surface area contributed by atoms with Crippen molar-refractivity contribution < 1.29 is 4.74 Å². The fraction of sp³-hybridized carbons (Fsp3) is 0.889. The molecule has 2 nitrogen and oxygen atoms in total. The minimum Gasteiger partial charge on any atom is -0.381 e. The van der Waals surface area contributed by atoms with Gasteiger partial charge in [0.05, 0.1) is 13.2 Å². The van der Waals surface area contributed by atoms with Crippen LogP contribution in [0.3, 0.4) is 0 Å². The highest BCUT2D eigenvalue weighted by molar-refractivity contribution is 8.39. The van der Waals surface area contributed by atoms with E-state index in [-0.39, 0.29) is 0 Å². The highest BCUT2D eigenvalue weighted by atomic mass is 32.2. The van der Waals surface area contributed by atoms with Crippen molar-refractivity contribution in [2.75, 3.05) is 31.3 Å². The van der Waals surface area contributed by atoms with Crippen LogP contribution in [0.15, 0.2) is 4.99 Å². The lowest BCUT2D eigenvalue weighted by Gasteiger charge is -2.21. The number of rotatable bonds is 2. The van der Waals surface area contributed by atoms with E-state index < -0.39 is 0 Å². The lowest BCUT2D eigenvalue weighted by Crippen LogP contribution is -2.19. The van der Waals surface area contributed by atoms with Crippen LogP contribution in [0.5, 0.6) is 0 Å². The predicted molar refractivity (Wildman–Crippen MR) is 60.8 cm³/mol. The molecule has 1 saturated heterocycles. The molecule has 0 aliphatic carbocycles. The van der Waals surface area contributed by atoms with Crippen LogP contribution < -0.4 is 0 Å².